The van der Waals surface area contributed by atoms with Crippen molar-refractivity contribution in [3.63, 3.8) is 0 Å². The van der Waals surface area contributed by atoms with Crippen molar-refractivity contribution in [1.29, 1.82) is 0 Å². The van der Waals surface area contributed by atoms with Crippen LogP contribution >= 0.6 is 0 Å². The first-order valence-corrected chi connectivity index (χ1v) is 21.4. The molecule has 2 saturated carbocycles. The quantitative estimate of drug-likeness (QED) is 0.347. The molecule has 1 saturated heterocycles. The van der Waals surface area contributed by atoms with Crippen LogP contribution in [0.5, 0.6) is 11.6 Å². The zero-order valence-corrected chi connectivity index (χ0v) is 34.0. The summed E-state index contributed by atoms with van der Waals surface area (Å²) in [6, 6.07) is 5.48. The Bertz CT molecular complexity index is 2040. The molecule has 1 aromatic heterocycles. The fourth-order valence-electron chi connectivity index (χ4n) is 8.28. The topological polar surface area (TPSA) is 182 Å². The second-order valence-electron chi connectivity index (χ2n) is 17.8. The highest BCUT2D eigenvalue weighted by molar-refractivity contribution is 7.91. The molecule has 3 aliphatic heterocycles. The minimum atomic E-state index is -4.00. The minimum absolute atomic E-state index is 0.00938. The van der Waals surface area contributed by atoms with Gasteiger partial charge in [0.25, 0.3) is 5.91 Å². The van der Waals surface area contributed by atoms with E-state index in [-0.39, 0.29) is 31.2 Å². The number of pyridine rings is 1. The van der Waals surface area contributed by atoms with Gasteiger partial charge in [0, 0.05) is 23.1 Å². The Kier molecular flexibility index (Phi) is 10.5. The van der Waals surface area contributed by atoms with Crippen LogP contribution in [-0.4, -0.2) is 89.3 Å². The number of allylic oxidation sites excluding steroid dienone is 1. The molecule has 2 aromatic rings. The van der Waals surface area contributed by atoms with Crippen molar-refractivity contribution in [3.05, 3.63) is 42.1 Å². The number of aromatic nitrogens is 1. The summed E-state index contributed by atoms with van der Waals surface area (Å²) >= 11 is 0. The second kappa shape index (κ2) is 14.8. The van der Waals surface area contributed by atoms with Gasteiger partial charge in [0.1, 0.15) is 35.1 Å². The van der Waals surface area contributed by atoms with Crippen molar-refractivity contribution in [2.24, 2.45) is 17.8 Å². The van der Waals surface area contributed by atoms with E-state index in [0.717, 1.165) is 35.1 Å². The number of fused-ring (bicyclic) bond motifs is 5. The van der Waals surface area contributed by atoms with E-state index in [9.17, 15) is 27.6 Å². The third-order valence-electron chi connectivity index (χ3n) is 11.9. The van der Waals surface area contributed by atoms with Crippen LogP contribution in [0.1, 0.15) is 98.6 Å². The zero-order chi connectivity index (χ0) is 40.2. The van der Waals surface area contributed by atoms with Gasteiger partial charge >= 0.3 is 6.09 Å². The van der Waals surface area contributed by atoms with Crippen molar-refractivity contribution < 1.29 is 41.8 Å². The molecule has 7 atom stereocenters. The van der Waals surface area contributed by atoms with Gasteiger partial charge in [-0.2, -0.15) is 0 Å². The smallest absolute Gasteiger partial charge is 0.408 e. The zero-order valence-electron chi connectivity index (χ0n) is 33.2. The molecule has 0 unspecified atom stereocenters. The summed E-state index contributed by atoms with van der Waals surface area (Å²) < 4.78 is 45.9. The van der Waals surface area contributed by atoms with Crippen LogP contribution in [0.25, 0.3) is 10.8 Å². The summed E-state index contributed by atoms with van der Waals surface area (Å²) in [7, 11) is -4.00. The highest BCUT2D eigenvalue weighted by atomic mass is 32.2. The molecule has 0 bridgehead atoms. The van der Waals surface area contributed by atoms with Crippen molar-refractivity contribution in [1.82, 2.24) is 25.2 Å². The maximum atomic E-state index is 14.9. The van der Waals surface area contributed by atoms with Crippen molar-refractivity contribution in [2.45, 2.75) is 133 Å². The first kappa shape index (κ1) is 39.8. The van der Waals surface area contributed by atoms with Gasteiger partial charge in [0.2, 0.25) is 27.7 Å². The lowest BCUT2D eigenvalue weighted by Crippen LogP contribution is -2.59. The Balaban J connectivity index is 1.24. The fraction of sp³-hybridized carbons (Fsp3) is 0.634. The van der Waals surface area contributed by atoms with E-state index in [2.05, 4.69) is 22.3 Å². The molecule has 14 nitrogen and oxygen atoms in total. The first-order valence-electron chi connectivity index (χ1n) is 20.0. The molecule has 2 aliphatic carbocycles. The van der Waals surface area contributed by atoms with Crippen molar-refractivity contribution >= 4 is 44.6 Å². The number of ether oxygens (including phenoxy) is 3. The van der Waals surface area contributed by atoms with Crippen LogP contribution in [0.3, 0.4) is 0 Å². The average molecular weight is 794 g/mol. The third-order valence-corrected chi connectivity index (χ3v) is 14.1. The number of hydrogen-bond acceptors (Lipinski definition) is 10. The SMILES string of the molecule is C[C@@H]1CC/C=C\[C@@H]2C[C@@]2(C(=O)NS(=O)(=O)C2(C)CC2)NC(=O)[C@@H]2C[C@@H](Oc3nc4c(c5ccccc35)OCCC4)CN2C(=O)[C@@H](NC(=O)OC(C)(C)C)[C@H](C)C1. The number of carbonyl (C=O) groups excluding carboxylic acids is 4. The first-order chi connectivity index (χ1) is 26.4. The molecule has 0 radical (unpaired) electrons. The number of nitrogens with zero attached hydrogens (tertiary/aromatic N) is 2. The van der Waals surface area contributed by atoms with Crippen LogP contribution in [0.2, 0.25) is 0 Å². The molecule has 3 fully saturated rings. The molecule has 0 spiro atoms. The van der Waals surface area contributed by atoms with Crippen molar-refractivity contribution in [3.8, 4) is 11.6 Å². The Morgan fingerprint density at radius 2 is 1.82 bits per heavy atom. The lowest BCUT2D eigenvalue weighted by Gasteiger charge is -2.33. The second-order valence-corrected chi connectivity index (χ2v) is 20.0. The van der Waals surface area contributed by atoms with Gasteiger partial charge in [-0.1, -0.05) is 44.2 Å². The van der Waals surface area contributed by atoms with Gasteiger partial charge in [0.05, 0.1) is 23.6 Å². The summed E-state index contributed by atoms with van der Waals surface area (Å²) in [5, 5.41) is 7.34. The number of nitrogens with one attached hydrogen (secondary N) is 3. The summed E-state index contributed by atoms with van der Waals surface area (Å²) in [6.07, 6.45) is 7.11. The predicted octanol–water partition coefficient (Wildman–Crippen LogP) is 4.69. The number of rotatable bonds is 6. The van der Waals surface area contributed by atoms with Crippen LogP contribution in [0, 0.1) is 17.8 Å². The summed E-state index contributed by atoms with van der Waals surface area (Å²) in [5.74, 6) is -1.44. The Labute approximate surface area is 328 Å². The average Bonchev–Trinajstić information content (AvgIpc) is 4.01. The highest BCUT2D eigenvalue weighted by Gasteiger charge is 2.63. The number of alkyl carbamates (subject to hydrolysis) is 1. The van der Waals surface area contributed by atoms with Gasteiger partial charge in [0.15, 0.2) is 0 Å². The van der Waals surface area contributed by atoms with Crippen LogP contribution in [-0.2, 0) is 35.6 Å². The molecular formula is C41H55N5O9S. The van der Waals surface area contributed by atoms with E-state index in [1.807, 2.05) is 43.3 Å². The summed E-state index contributed by atoms with van der Waals surface area (Å²) in [5.41, 5.74) is -1.57. The van der Waals surface area contributed by atoms with Gasteiger partial charge in [-0.15, -0.1) is 0 Å². The van der Waals surface area contributed by atoms with Crippen molar-refractivity contribution in [2.75, 3.05) is 13.2 Å². The highest BCUT2D eigenvalue weighted by Crippen LogP contribution is 2.48. The van der Waals surface area contributed by atoms with E-state index in [0.29, 0.717) is 44.6 Å². The third kappa shape index (κ3) is 8.05. The lowest BCUT2D eigenvalue weighted by molar-refractivity contribution is -0.142. The monoisotopic (exact) mass is 793 g/mol. The largest absolute Gasteiger partial charge is 0.491 e. The number of aryl methyl sites for hydroxylation is 1. The standard InChI is InChI=1S/C41H55N5O9S/c1-24-12-7-8-13-26-22-41(26,37(49)45-56(51,52)40(6)17-18-40)44-34(47)31-21-27(23-46(31)36(48)32(25(2)20-24)43-38(50)55-39(3,4)5)54-35-29-15-10-9-14-28(29)33-30(42-35)16-11-19-53-33/h8-10,13-15,24-27,31-32H,7,11-12,16-23H2,1-6H3,(H,43,50)(H,44,47)(H,45,49)/b13-8-/t24-,25-,26-,27-,31+,32+,41-/m1/s1. The van der Waals surface area contributed by atoms with E-state index >= 15 is 0 Å². The molecule has 15 heteroatoms. The Hall–Kier alpha value is -4.40. The summed E-state index contributed by atoms with van der Waals surface area (Å²) in [4.78, 5) is 62.9. The number of carbonyl (C=O) groups is 4. The minimum Gasteiger partial charge on any atom is -0.491 e. The Morgan fingerprint density at radius 3 is 2.54 bits per heavy atom. The fourth-order valence-corrected chi connectivity index (χ4v) is 9.59. The molecule has 7 rings (SSSR count). The molecule has 4 heterocycles. The van der Waals surface area contributed by atoms with Crippen LogP contribution in [0.4, 0.5) is 4.79 Å². The summed E-state index contributed by atoms with van der Waals surface area (Å²) in [6.45, 7) is 11.4. The van der Waals surface area contributed by atoms with Gasteiger partial charge in [-0.05, 0) is 97.0 Å². The predicted molar refractivity (Wildman–Crippen MR) is 208 cm³/mol. The molecule has 304 valence electrons. The molecule has 5 aliphatic rings. The molecular weight excluding hydrogens is 739 g/mol. The van der Waals surface area contributed by atoms with E-state index < -0.39 is 73.8 Å². The van der Waals surface area contributed by atoms with E-state index in [4.69, 9.17) is 19.2 Å². The maximum absolute atomic E-state index is 14.9. The maximum Gasteiger partial charge on any atom is 0.408 e. The molecule has 56 heavy (non-hydrogen) atoms. The number of amides is 4. The van der Waals surface area contributed by atoms with Crippen LogP contribution in [0.15, 0.2) is 36.4 Å². The van der Waals surface area contributed by atoms with E-state index in [1.165, 1.54) is 4.90 Å². The van der Waals surface area contributed by atoms with E-state index in [1.54, 1.807) is 27.7 Å². The molecule has 3 N–H and O–H groups in total. The number of sulfonamides is 1. The Morgan fingerprint density at radius 1 is 1.09 bits per heavy atom. The molecule has 1 aromatic carbocycles. The lowest BCUT2D eigenvalue weighted by atomic mass is 9.88. The van der Waals surface area contributed by atoms with Crippen LogP contribution < -0.4 is 24.8 Å². The number of benzene rings is 1. The molecule has 4 amide bonds. The van der Waals surface area contributed by atoms with Gasteiger partial charge in [-0.25, -0.2) is 18.2 Å². The normalized spacial score (nSPS) is 30.9. The van der Waals surface area contributed by atoms with Gasteiger partial charge < -0.3 is 29.7 Å². The number of hydrogen-bond donors (Lipinski definition) is 3. The van der Waals surface area contributed by atoms with Gasteiger partial charge in [-0.3, -0.25) is 19.1 Å².